The molecule has 19 heavy (non-hydrogen) atoms. The Morgan fingerprint density at radius 1 is 1.47 bits per heavy atom. The molecule has 96 valence electrons. The summed E-state index contributed by atoms with van der Waals surface area (Å²) in [5.74, 6) is 0.328. The van der Waals surface area contributed by atoms with Gasteiger partial charge in [0.2, 0.25) is 0 Å². The zero-order valence-corrected chi connectivity index (χ0v) is 10.4. The van der Waals surface area contributed by atoms with Crippen molar-refractivity contribution in [1.29, 1.82) is 5.26 Å². The van der Waals surface area contributed by atoms with Crippen LogP contribution in [0.1, 0.15) is 30.6 Å². The molecule has 1 aromatic carbocycles. The van der Waals surface area contributed by atoms with Crippen LogP contribution >= 0.6 is 0 Å². The fourth-order valence-electron chi connectivity index (χ4n) is 1.65. The molecular weight excluding hydrogens is 242 g/mol. The van der Waals surface area contributed by atoms with Crippen molar-refractivity contribution in [3.63, 3.8) is 0 Å². The number of nitriles is 1. The Balaban J connectivity index is 2.45. The first-order valence-electron chi connectivity index (χ1n) is 5.88. The molecule has 0 saturated heterocycles. The van der Waals surface area contributed by atoms with Crippen LogP contribution in [0, 0.1) is 11.3 Å². The Labute approximate surface area is 109 Å². The molecule has 0 fully saturated rings. The average Bonchev–Trinajstić information content (AvgIpc) is 2.46. The quantitative estimate of drug-likeness (QED) is 0.854. The van der Waals surface area contributed by atoms with E-state index in [4.69, 9.17) is 11.0 Å². The molecule has 0 spiro atoms. The zero-order valence-electron chi connectivity index (χ0n) is 10.4. The van der Waals surface area contributed by atoms with Crippen LogP contribution in [0.4, 0.5) is 0 Å². The van der Waals surface area contributed by atoms with Gasteiger partial charge < -0.3 is 10.7 Å². The second kappa shape index (κ2) is 5.42. The van der Waals surface area contributed by atoms with Gasteiger partial charge in [-0.3, -0.25) is 4.79 Å². The Morgan fingerprint density at radius 2 is 2.26 bits per heavy atom. The van der Waals surface area contributed by atoms with Crippen molar-refractivity contribution in [1.82, 2.24) is 15.2 Å². The number of benzene rings is 1. The molecular formula is C13H13N5O. The summed E-state index contributed by atoms with van der Waals surface area (Å²) in [6, 6.07) is 8.40. The normalized spacial score (nSPS) is 11.8. The molecule has 0 radical (unpaired) electrons. The molecule has 2 rings (SSSR count). The van der Waals surface area contributed by atoms with Crippen LogP contribution in [0.15, 0.2) is 29.1 Å². The zero-order chi connectivity index (χ0) is 13.8. The van der Waals surface area contributed by atoms with Crippen molar-refractivity contribution in [3.05, 3.63) is 45.9 Å². The van der Waals surface area contributed by atoms with Crippen LogP contribution in [-0.2, 0) is 0 Å². The van der Waals surface area contributed by atoms with Crippen LogP contribution < -0.4 is 11.3 Å². The highest BCUT2D eigenvalue weighted by Gasteiger charge is 2.12. The first kappa shape index (κ1) is 12.9. The summed E-state index contributed by atoms with van der Waals surface area (Å²) in [5.41, 5.74) is 6.78. The van der Waals surface area contributed by atoms with Crippen molar-refractivity contribution >= 4 is 0 Å². The lowest BCUT2D eigenvalue weighted by molar-refractivity contribution is 0.645. The summed E-state index contributed by atoms with van der Waals surface area (Å²) in [7, 11) is 0. The number of rotatable bonds is 3. The smallest absolute Gasteiger partial charge is 0.274 e. The molecule has 0 amide bonds. The number of H-pyrrole nitrogens is 1. The Kier molecular flexibility index (Phi) is 3.68. The largest absolute Gasteiger partial charge is 0.322 e. The Hall–Kier alpha value is -2.52. The lowest BCUT2D eigenvalue weighted by Crippen LogP contribution is -2.24. The minimum Gasteiger partial charge on any atom is -0.322 e. The minimum atomic E-state index is -0.421. The van der Waals surface area contributed by atoms with E-state index in [9.17, 15) is 4.79 Å². The summed E-state index contributed by atoms with van der Waals surface area (Å²) in [5, 5.41) is 16.7. The first-order chi connectivity index (χ1) is 9.15. The molecule has 0 bridgehead atoms. The third-order valence-corrected chi connectivity index (χ3v) is 2.78. The van der Waals surface area contributed by atoms with Crippen LogP contribution in [-0.4, -0.2) is 15.2 Å². The molecule has 1 heterocycles. The molecule has 1 atom stereocenters. The maximum absolute atomic E-state index is 11.9. The van der Waals surface area contributed by atoms with E-state index < -0.39 is 6.04 Å². The molecule has 0 aliphatic rings. The molecule has 1 aromatic heterocycles. The van der Waals surface area contributed by atoms with Gasteiger partial charge >= 0.3 is 0 Å². The van der Waals surface area contributed by atoms with Gasteiger partial charge in [0.15, 0.2) is 5.82 Å². The predicted octanol–water partition coefficient (Wildman–Crippen LogP) is 1.11. The standard InChI is InChI=1S/C13H13N5O/c1-2-10(15)11-13(19)16-12(18-17-11)9-5-3-4-8(6-9)7-14/h3-6,10H,2,15H2,1H3,(H,16,18,19). The Morgan fingerprint density at radius 3 is 2.89 bits per heavy atom. The van der Waals surface area contributed by atoms with Crippen LogP contribution in [0.2, 0.25) is 0 Å². The topological polar surface area (TPSA) is 108 Å². The van der Waals surface area contributed by atoms with Crippen molar-refractivity contribution < 1.29 is 0 Å². The highest BCUT2D eigenvalue weighted by molar-refractivity contribution is 5.57. The van der Waals surface area contributed by atoms with Gasteiger partial charge in [0.1, 0.15) is 5.69 Å². The predicted molar refractivity (Wildman–Crippen MR) is 70.0 cm³/mol. The van der Waals surface area contributed by atoms with E-state index in [1.807, 2.05) is 13.0 Å². The van der Waals surface area contributed by atoms with E-state index in [-0.39, 0.29) is 11.3 Å². The molecule has 3 N–H and O–H groups in total. The van der Waals surface area contributed by atoms with E-state index in [0.29, 0.717) is 23.4 Å². The van der Waals surface area contributed by atoms with Gasteiger partial charge in [-0.15, -0.1) is 10.2 Å². The van der Waals surface area contributed by atoms with Gasteiger partial charge in [-0.25, -0.2) is 0 Å². The number of nitrogens with two attached hydrogens (primary N) is 1. The van der Waals surface area contributed by atoms with Crippen LogP contribution in [0.25, 0.3) is 11.4 Å². The summed E-state index contributed by atoms with van der Waals surface area (Å²) >= 11 is 0. The van der Waals surface area contributed by atoms with Gasteiger partial charge in [-0.1, -0.05) is 19.1 Å². The maximum atomic E-state index is 11.9. The van der Waals surface area contributed by atoms with Crippen molar-refractivity contribution in [2.24, 2.45) is 5.73 Å². The lowest BCUT2D eigenvalue weighted by Gasteiger charge is -2.06. The molecule has 6 nitrogen and oxygen atoms in total. The van der Waals surface area contributed by atoms with Gasteiger partial charge in [0.05, 0.1) is 17.7 Å². The first-order valence-corrected chi connectivity index (χ1v) is 5.88. The average molecular weight is 255 g/mol. The summed E-state index contributed by atoms with van der Waals surface area (Å²) in [4.78, 5) is 14.5. The fourth-order valence-corrected chi connectivity index (χ4v) is 1.65. The van der Waals surface area contributed by atoms with Gasteiger partial charge in [-0.2, -0.15) is 5.26 Å². The number of hydrogen-bond acceptors (Lipinski definition) is 5. The van der Waals surface area contributed by atoms with Crippen molar-refractivity contribution in [2.75, 3.05) is 0 Å². The molecule has 0 aliphatic carbocycles. The van der Waals surface area contributed by atoms with Crippen molar-refractivity contribution in [2.45, 2.75) is 19.4 Å². The number of nitrogens with one attached hydrogen (secondary N) is 1. The Bertz CT molecular complexity index is 686. The van der Waals surface area contributed by atoms with E-state index in [1.165, 1.54) is 0 Å². The second-order valence-corrected chi connectivity index (χ2v) is 4.10. The van der Waals surface area contributed by atoms with E-state index in [1.54, 1.807) is 24.3 Å². The fraction of sp³-hybridized carbons (Fsp3) is 0.231. The van der Waals surface area contributed by atoms with E-state index in [0.717, 1.165) is 0 Å². The van der Waals surface area contributed by atoms with E-state index >= 15 is 0 Å². The number of aromatic nitrogens is 3. The molecule has 6 heteroatoms. The highest BCUT2D eigenvalue weighted by atomic mass is 16.1. The van der Waals surface area contributed by atoms with Gasteiger partial charge in [0, 0.05) is 5.56 Å². The number of hydrogen-bond donors (Lipinski definition) is 2. The number of aromatic amines is 1. The number of nitrogens with zero attached hydrogens (tertiary/aromatic N) is 3. The molecule has 1 unspecified atom stereocenters. The minimum absolute atomic E-state index is 0.225. The lowest BCUT2D eigenvalue weighted by atomic mass is 10.1. The SMILES string of the molecule is CCC(N)c1nnc(-c2cccc(C#N)c2)[nH]c1=O. The van der Waals surface area contributed by atoms with Gasteiger partial charge in [0.25, 0.3) is 5.56 Å². The second-order valence-electron chi connectivity index (χ2n) is 4.10. The molecule has 0 aliphatic heterocycles. The maximum Gasteiger partial charge on any atom is 0.274 e. The van der Waals surface area contributed by atoms with Gasteiger partial charge in [-0.05, 0) is 18.6 Å². The van der Waals surface area contributed by atoms with Crippen molar-refractivity contribution in [3.8, 4) is 17.5 Å². The summed E-state index contributed by atoms with van der Waals surface area (Å²) in [6.07, 6.45) is 0.612. The van der Waals surface area contributed by atoms with Crippen LogP contribution in [0.5, 0.6) is 0 Å². The molecule has 2 aromatic rings. The monoisotopic (exact) mass is 255 g/mol. The molecule has 0 saturated carbocycles. The third kappa shape index (κ3) is 2.67. The summed E-state index contributed by atoms with van der Waals surface area (Å²) in [6.45, 7) is 1.87. The van der Waals surface area contributed by atoms with E-state index in [2.05, 4.69) is 15.2 Å². The van der Waals surface area contributed by atoms with Crippen LogP contribution in [0.3, 0.4) is 0 Å². The third-order valence-electron chi connectivity index (χ3n) is 2.78. The summed E-state index contributed by atoms with van der Waals surface area (Å²) < 4.78 is 0. The highest BCUT2D eigenvalue weighted by Crippen LogP contribution is 2.14.